The predicted octanol–water partition coefficient (Wildman–Crippen LogP) is 3.13. The van der Waals surface area contributed by atoms with E-state index in [9.17, 15) is 0 Å². The van der Waals surface area contributed by atoms with Gasteiger partial charge in [0.15, 0.2) is 5.17 Å². The zero-order chi connectivity index (χ0) is 10.3. The van der Waals surface area contributed by atoms with Gasteiger partial charge in [-0.25, -0.2) is 0 Å². The number of halogens is 1. The summed E-state index contributed by atoms with van der Waals surface area (Å²) in [7, 11) is 0. The van der Waals surface area contributed by atoms with Gasteiger partial charge in [0.1, 0.15) is 0 Å². The molecule has 0 radical (unpaired) electrons. The molecule has 0 saturated heterocycles. The summed E-state index contributed by atoms with van der Waals surface area (Å²) in [5.41, 5.74) is 2.51. The number of hydrogen-bond donors (Lipinski definition) is 0. The fourth-order valence-corrected chi connectivity index (χ4v) is 3.63. The molecule has 4 heteroatoms. The second-order valence-corrected chi connectivity index (χ2v) is 5.70. The Morgan fingerprint density at radius 3 is 2.87 bits per heavy atom. The Hall–Kier alpha value is -0.740. The summed E-state index contributed by atoms with van der Waals surface area (Å²) in [4.78, 5) is 6.74. The number of rotatable bonds is 1. The van der Waals surface area contributed by atoms with Gasteiger partial charge in [-0.3, -0.25) is 4.99 Å². The largest absolute Gasteiger partial charge is 0.317 e. The van der Waals surface area contributed by atoms with E-state index in [0.29, 0.717) is 0 Å². The van der Waals surface area contributed by atoms with E-state index in [1.165, 1.54) is 15.1 Å². The molecule has 1 aromatic rings. The SMILES string of the molecule is BrC1=C(c2ccccc2)N2CCN=C2S1. The minimum absolute atomic E-state index is 0.916. The van der Waals surface area contributed by atoms with Crippen LogP contribution in [0.2, 0.25) is 0 Å². The van der Waals surface area contributed by atoms with E-state index < -0.39 is 0 Å². The summed E-state index contributed by atoms with van der Waals surface area (Å²) in [5, 5.41) is 1.13. The molecule has 0 atom stereocenters. The smallest absolute Gasteiger partial charge is 0.169 e. The minimum Gasteiger partial charge on any atom is -0.317 e. The lowest BCUT2D eigenvalue weighted by atomic mass is 10.1. The normalized spacial score (nSPS) is 19.5. The molecule has 0 N–H and O–H groups in total. The molecule has 76 valence electrons. The van der Waals surface area contributed by atoms with Crippen molar-refractivity contribution in [3.05, 3.63) is 39.7 Å². The fraction of sp³-hybridized carbons (Fsp3) is 0.182. The average molecular weight is 281 g/mol. The monoisotopic (exact) mass is 280 g/mol. The molecule has 0 fully saturated rings. The van der Waals surface area contributed by atoms with Gasteiger partial charge in [-0.15, -0.1) is 0 Å². The Balaban J connectivity index is 2.06. The van der Waals surface area contributed by atoms with Crippen molar-refractivity contribution in [3.63, 3.8) is 0 Å². The molecule has 3 rings (SSSR count). The summed E-state index contributed by atoms with van der Waals surface area (Å²) in [6.07, 6.45) is 0. The maximum atomic E-state index is 4.46. The Labute approximate surface area is 101 Å². The number of nitrogens with zero attached hydrogens (tertiary/aromatic N) is 2. The van der Waals surface area contributed by atoms with E-state index >= 15 is 0 Å². The van der Waals surface area contributed by atoms with Crippen LogP contribution in [0.15, 0.2) is 39.1 Å². The van der Waals surface area contributed by atoms with Crippen molar-refractivity contribution in [2.75, 3.05) is 13.1 Å². The summed E-state index contributed by atoms with van der Waals surface area (Å²) >= 11 is 5.33. The molecule has 0 spiro atoms. The molecular weight excluding hydrogens is 272 g/mol. The fourth-order valence-electron chi connectivity index (χ4n) is 1.82. The van der Waals surface area contributed by atoms with E-state index in [1.54, 1.807) is 11.8 Å². The van der Waals surface area contributed by atoms with Gasteiger partial charge in [0.05, 0.1) is 16.1 Å². The van der Waals surface area contributed by atoms with E-state index in [4.69, 9.17) is 0 Å². The molecule has 15 heavy (non-hydrogen) atoms. The number of fused-ring (bicyclic) bond motifs is 1. The summed E-state index contributed by atoms with van der Waals surface area (Å²) < 4.78 is 1.17. The van der Waals surface area contributed by atoms with Crippen LogP contribution in [0.3, 0.4) is 0 Å². The molecule has 0 aliphatic carbocycles. The molecule has 0 saturated carbocycles. The highest BCUT2D eigenvalue weighted by Crippen LogP contribution is 2.44. The molecule has 0 unspecified atom stereocenters. The van der Waals surface area contributed by atoms with Gasteiger partial charge >= 0.3 is 0 Å². The third-order valence-electron chi connectivity index (χ3n) is 2.49. The van der Waals surface area contributed by atoms with Crippen LogP contribution in [0.1, 0.15) is 5.56 Å². The summed E-state index contributed by atoms with van der Waals surface area (Å²) in [6, 6.07) is 10.5. The topological polar surface area (TPSA) is 15.6 Å². The molecule has 2 nitrogen and oxygen atoms in total. The van der Waals surface area contributed by atoms with Gasteiger partial charge in [-0.2, -0.15) is 0 Å². The molecule has 2 aliphatic rings. The number of thioether (sulfide) groups is 1. The minimum atomic E-state index is 0.916. The van der Waals surface area contributed by atoms with Crippen molar-refractivity contribution < 1.29 is 0 Å². The van der Waals surface area contributed by atoms with Crippen LogP contribution in [0.5, 0.6) is 0 Å². The van der Waals surface area contributed by atoms with Gasteiger partial charge in [0.2, 0.25) is 0 Å². The number of hydrogen-bond acceptors (Lipinski definition) is 3. The van der Waals surface area contributed by atoms with Crippen LogP contribution in [0.25, 0.3) is 5.70 Å². The van der Waals surface area contributed by atoms with Crippen molar-refractivity contribution in [1.29, 1.82) is 0 Å². The van der Waals surface area contributed by atoms with Gasteiger partial charge < -0.3 is 4.90 Å². The van der Waals surface area contributed by atoms with Crippen LogP contribution in [-0.2, 0) is 0 Å². The van der Waals surface area contributed by atoms with Crippen molar-refractivity contribution in [3.8, 4) is 0 Å². The Morgan fingerprint density at radius 2 is 2.07 bits per heavy atom. The van der Waals surface area contributed by atoms with Crippen LogP contribution in [0.4, 0.5) is 0 Å². The first-order valence-electron chi connectivity index (χ1n) is 4.81. The highest BCUT2D eigenvalue weighted by molar-refractivity contribution is 9.14. The zero-order valence-electron chi connectivity index (χ0n) is 7.98. The Kier molecular flexibility index (Phi) is 2.33. The molecular formula is C11H9BrN2S. The quantitative estimate of drug-likeness (QED) is 0.786. The van der Waals surface area contributed by atoms with Gasteiger partial charge in [0, 0.05) is 6.54 Å². The van der Waals surface area contributed by atoms with Crippen molar-refractivity contribution in [2.45, 2.75) is 0 Å². The van der Waals surface area contributed by atoms with E-state index in [1.807, 2.05) is 6.07 Å². The Morgan fingerprint density at radius 1 is 1.27 bits per heavy atom. The molecule has 0 aromatic heterocycles. The third-order valence-corrected chi connectivity index (χ3v) is 4.25. The van der Waals surface area contributed by atoms with Gasteiger partial charge in [0.25, 0.3) is 0 Å². The molecule has 2 aliphatic heterocycles. The van der Waals surface area contributed by atoms with E-state index in [0.717, 1.165) is 18.3 Å². The first kappa shape index (κ1) is 9.48. The lowest BCUT2D eigenvalue weighted by Gasteiger charge is -2.16. The van der Waals surface area contributed by atoms with E-state index in [2.05, 4.69) is 50.1 Å². The average Bonchev–Trinajstić information content (AvgIpc) is 2.78. The van der Waals surface area contributed by atoms with E-state index in [-0.39, 0.29) is 0 Å². The van der Waals surface area contributed by atoms with Crippen molar-refractivity contribution in [1.82, 2.24) is 4.90 Å². The predicted molar refractivity (Wildman–Crippen MR) is 68.9 cm³/mol. The highest BCUT2D eigenvalue weighted by atomic mass is 79.9. The summed E-state index contributed by atoms with van der Waals surface area (Å²) in [5.74, 6) is 0. The van der Waals surface area contributed by atoms with Gasteiger partial charge in [-0.05, 0) is 33.3 Å². The van der Waals surface area contributed by atoms with Crippen molar-refractivity contribution in [2.24, 2.45) is 4.99 Å². The molecule has 1 aromatic carbocycles. The zero-order valence-corrected chi connectivity index (χ0v) is 10.4. The van der Waals surface area contributed by atoms with Crippen LogP contribution >= 0.6 is 27.7 Å². The second-order valence-electron chi connectivity index (χ2n) is 3.41. The molecule has 0 bridgehead atoms. The third kappa shape index (κ3) is 1.52. The standard InChI is InChI=1S/C11H9BrN2S/c12-10-9(8-4-2-1-3-5-8)14-7-6-13-11(14)15-10/h1-5H,6-7H2. The first-order valence-corrected chi connectivity index (χ1v) is 6.42. The van der Waals surface area contributed by atoms with Crippen LogP contribution in [0, 0.1) is 0 Å². The van der Waals surface area contributed by atoms with Gasteiger partial charge in [-0.1, -0.05) is 30.3 Å². The lowest BCUT2D eigenvalue weighted by molar-refractivity contribution is 0.649. The lowest BCUT2D eigenvalue weighted by Crippen LogP contribution is -2.19. The molecule has 0 amide bonds. The summed E-state index contributed by atoms with van der Waals surface area (Å²) in [6.45, 7) is 1.92. The highest BCUT2D eigenvalue weighted by Gasteiger charge is 2.31. The maximum Gasteiger partial charge on any atom is 0.169 e. The number of benzene rings is 1. The van der Waals surface area contributed by atoms with Crippen molar-refractivity contribution >= 4 is 38.6 Å². The first-order chi connectivity index (χ1) is 7.36. The number of aliphatic imine (C=N–C) groups is 1. The molecule has 2 heterocycles. The van der Waals surface area contributed by atoms with Crippen LogP contribution in [-0.4, -0.2) is 23.2 Å². The van der Waals surface area contributed by atoms with Crippen LogP contribution < -0.4 is 0 Å². The second kappa shape index (κ2) is 3.68. The number of amidine groups is 1. The Bertz CT molecular complexity index is 453. The maximum absolute atomic E-state index is 4.46.